The van der Waals surface area contributed by atoms with Gasteiger partial charge in [-0.25, -0.2) is 0 Å². The third kappa shape index (κ3) is 12.0. The van der Waals surface area contributed by atoms with Crippen molar-refractivity contribution in [3.8, 4) is 5.75 Å². The van der Waals surface area contributed by atoms with Crippen LogP contribution in [0.15, 0.2) is 12.1 Å². The molecule has 1 rings (SSSR count). The van der Waals surface area contributed by atoms with Crippen LogP contribution < -0.4 is 0 Å². The molecule has 0 atom stereocenters. The summed E-state index contributed by atoms with van der Waals surface area (Å²) in [5, 5.41) is 10.6. The fourth-order valence-corrected chi connectivity index (χ4v) is 4.64. The van der Waals surface area contributed by atoms with Crippen molar-refractivity contribution in [1.82, 2.24) is 0 Å². The van der Waals surface area contributed by atoms with E-state index >= 15 is 0 Å². The van der Waals surface area contributed by atoms with E-state index in [0.717, 1.165) is 12.8 Å². The first-order valence-corrected chi connectivity index (χ1v) is 13.6. The molecule has 0 heterocycles. The number of phenolic OH excluding ortho intramolecular Hbond substituents is 1. The summed E-state index contributed by atoms with van der Waals surface area (Å²) in [6.07, 6.45) is 26.2. The highest BCUT2D eigenvalue weighted by atomic mass is 16.3. The van der Waals surface area contributed by atoms with Crippen LogP contribution >= 0.6 is 0 Å². The number of aromatic hydroxyl groups is 1. The first-order valence-electron chi connectivity index (χ1n) is 13.6. The Kier molecular flexibility index (Phi) is 16.9. The molecule has 0 aliphatic rings. The van der Waals surface area contributed by atoms with E-state index in [1.807, 2.05) is 6.07 Å². The molecule has 0 radical (unpaired) electrons. The molecule has 0 aromatic heterocycles. The van der Waals surface area contributed by atoms with Gasteiger partial charge in [-0.1, -0.05) is 117 Å². The summed E-state index contributed by atoms with van der Waals surface area (Å²) in [6, 6.07) is 4.21. The first-order chi connectivity index (χ1) is 14.7. The van der Waals surface area contributed by atoms with Crippen molar-refractivity contribution in [2.24, 2.45) is 0 Å². The molecule has 1 aromatic carbocycles. The van der Waals surface area contributed by atoms with E-state index in [4.69, 9.17) is 0 Å². The van der Waals surface area contributed by atoms with Gasteiger partial charge in [-0.2, -0.15) is 0 Å². The molecule has 30 heavy (non-hydrogen) atoms. The van der Waals surface area contributed by atoms with Gasteiger partial charge in [-0.3, -0.25) is 0 Å². The van der Waals surface area contributed by atoms with Gasteiger partial charge in [0.1, 0.15) is 5.75 Å². The molecule has 0 aliphatic heterocycles. The number of benzene rings is 1. The molecule has 0 spiro atoms. The maximum Gasteiger partial charge on any atom is 0.119 e. The zero-order chi connectivity index (χ0) is 21.9. The van der Waals surface area contributed by atoms with Crippen molar-refractivity contribution in [2.45, 2.75) is 149 Å². The Balaban J connectivity index is 2.61. The third-order valence-corrected chi connectivity index (χ3v) is 6.61. The minimum atomic E-state index is 0.548. The second kappa shape index (κ2) is 18.8. The van der Waals surface area contributed by atoms with Crippen molar-refractivity contribution < 1.29 is 5.11 Å². The molecule has 0 saturated heterocycles. The third-order valence-electron chi connectivity index (χ3n) is 6.61. The minimum absolute atomic E-state index is 0.548. The van der Waals surface area contributed by atoms with E-state index in [-0.39, 0.29) is 0 Å². The number of aryl methyl sites for hydroxylation is 1. The molecule has 1 heteroatoms. The van der Waals surface area contributed by atoms with Gasteiger partial charge < -0.3 is 5.11 Å². The van der Waals surface area contributed by atoms with Crippen molar-refractivity contribution >= 4 is 0 Å². The molecule has 0 unspecified atom stereocenters. The SMILES string of the molecule is CCCCCCCCCc1ccc(O)c(CCCCC)c1CCCCCCCCC. The zero-order valence-corrected chi connectivity index (χ0v) is 20.7. The number of hydrogen-bond donors (Lipinski definition) is 1. The van der Waals surface area contributed by atoms with Gasteiger partial charge in [0.2, 0.25) is 0 Å². The minimum Gasteiger partial charge on any atom is -0.508 e. The van der Waals surface area contributed by atoms with Gasteiger partial charge in [-0.05, 0) is 61.3 Å². The Morgan fingerprint density at radius 1 is 0.467 bits per heavy atom. The van der Waals surface area contributed by atoms with Gasteiger partial charge in [0.05, 0.1) is 0 Å². The van der Waals surface area contributed by atoms with E-state index in [9.17, 15) is 5.11 Å². The molecule has 174 valence electrons. The summed E-state index contributed by atoms with van der Waals surface area (Å²) in [7, 11) is 0. The van der Waals surface area contributed by atoms with Gasteiger partial charge in [0, 0.05) is 0 Å². The van der Waals surface area contributed by atoms with Gasteiger partial charge >= 0.3 is 0 Å². The topological polar surface area (TPSA) is 20.2 Å². The molecule has 1 aromatic rings. The number of hydrogen-bond acceptors (Lipinski definition) is 1. The van der Waals surface area contributed by atoms with Crippen molar-refractivity contribution in [3.05, 3.63) is 28.8 Å². The van der Waals surface area contributed by atoms with Crippen LogP contribution in [0.3, 0.4) is 0 Å². The Morgan fingerprint density at radius 3 is 1.43 bits per heavy atom. The monoisotopic (exact) mass is 416 g/mol. The summed E-state index contributed by atoms with van der Waals surface area (Å²) in [5.41, 5.74) is 4.30. The lowest BCUT2D eigenvalue weighted by atomic mass is 9.89. The lowest BCUT2D eigenvalue weighted by molar-refractivity contribution is 0.464. The molecule has 0 saturated carbocycles. The lowest BCUT2D eigenvalue weighted by Gasteiger charge is -2.17. The largest absolute Gasteiger partial charge is 0.508 e. The highest BCUT2D eigenvalue weighted by Crippen LogP contribution is 2.29. The maximum absolute atomic E-state index is 10.6. The predicted octanol–water partition coefficient (Wildman–Crippen LogP) is 9.71. The molecule has 0 amide bonds. The molecule has 0 aliphatic carbocycles. The van der Waals surface area contributed by atoms with Crippen LogP contribution in [0.25, 0.3) is 0 Å². The Bertz CT molecular complexity index is 519. The van der Waals surface area contributed by atoms with Crippen LogP contribution in [0.4, 0.5) is 0 Å². The van der Waals surface area contributed by atoms with Crippen LogP contribution in [0.1, 0.15) is 147 Å². The van der Waals surface area contributed by atoms with Crippen LogP contribution in [0.5, 0.6) is 5.75 Å². The Hall–Kier alpha value is -0.980. The zero-order valence-electron chi connectivity index (χ0n) is 20.7. The Labute approximate surface area is 189 Å². The first kappa shape index (κ1) is 27.1. The standard InChI is InChI=1S/C29H52O/c1-4-7-10-12-14-16-19-21-26-24-25-29(30)28(23-18-9-6-3)27(26)22-20-17-15-13-11-8-5-2/h24-25,30H,4-23H2,1-3H3. The normalized spacial score (nSPS) is 11.3. The van der Waals surface area contributed by atoms with E-state index in [1.165, 1.54) is 132 Å². The number of unbranched alkanes of at least 4 members (excludes halogenated alkanes) is 14. The predicted molar refractivity (Wildman–Crippen MR) is 135 cm³/mol. The fraction of sp³-hybridized carbons (Fsp3) is 0.793. The Morgan fingerprint density at radius 2 is 0.867 bits per heavy atom. The van der Waals surface area contributed by atoms with Crippen molar-refractivity contribution in [2.75, 3.05) is 0 Å². The molecule has 1 nitrogen and oxygen atoms in total. The van der Waals surface area contributed by atoms with E-state index in [2.05, 4.69) is 26.8 Å². The fourth-order valence-electron chi connectivity index (χ4n) is 4.64. The lowest BCUT2D eigenvalue weighted by Crippen LogP contribution is -2.03. The summed E-state index contributed by atoms with van der Waals surface area (Å²) >= 11 is 0. The summed E-state index contributed by atoms with van der Waals surface area (Å²) in [4.78, 5) is 0. The molecule has 0 bridgehead atoms. The van der Waals surface area contributed by atoms with Crippen LogP contribution in [-0.4, -0.2) is 5.11 Å². The van der Waals surface area contributed by atoms with Crippen molar-refractivity contribution in [3.63, 3.8) is 0 Å². The average molecular weight is 417 g/mol. The second-order valence-corrected chi connectivity index (χ2v) is 9.40. The van der Waals surface area contributed by atoms with Crippen LogP contribution in [0.2, 0.25) is 0 Å². The molecule has 0 fully saturated rings. The second-order valence-electron chi connectivity index (χ2n) is 9.40. The van der Waals surface area contributed by atoms with E-state index in [1.54, 1.807) is 0 Å². The van der Waals surface area contributed by atoms with Crippen molar-refractivity contribution in [1.29, 1.82) is 0 Å². The smallest absolute Gasteiger partial charge is 0.119 e. The number of phenols is 1. The summed E-state index contributed by atoms with van der Waals surface area (Å²) in [6.45, 7) is 6.83. The average Bonchev–Trinajstić information content (AvgIpc) is 2.75. The molecule has 1 N–H and O–H groups in total. The van der Waals surface area contributed by atoms with Crippen LogP contribution in [0, 0.1) is 0 Å². The number of rotatable bonds is 20. The summed E-state index contributed by atoms with van der Waals surface area (Å²) < 4.78 is 0. The molecular weight excluding hydrogens is 364 g/mol. The van der Waals surface area contributed by atoms with Gasteiger partial charge in [0.25, 0.3) is 0 Å². The van der Waals surface area contributed by atoms with Gasteiger partial charge in [0.15, 0.2) is 0 Å². The quantitative estimate of drug-likeness (QED) is 0.210. The van der Waals surface area contributed by atoms with E-state index < -0.39 is 0 Å². The van der Waals surface area contributed by atoms with Gasteiger partial charge in [-0.15, -0.1) is 0 Å². The maximum atomic E-state index is 10.6. The van der Waals surface area contributed by atoms with E-state index in [0.29, 0.717) is 5.75 Å². The van der Waals surface area contributed by atoms with Crippen LogP contribution in [-0.2, 0) is 19.3 Å². The summed E-state index contributed by atoms with van der Waals surface area (Å²) in [5.74, 6) is 0.548. The highest BCUT2D eigenvalue weighted by Gasteiger charge is 2.13. The molecular formula is C29H52O. The highest BCUT2D eigenvalue weighted by molar-refractivity contribution is 5.45.